The lowest BCUT2D eigenvalue weighted by Crippen LogP contribution is -2.35. The number of nitrogens with one attached hydrogen (secondary N) is 1. The molecule has 140 valence electrons. The Bertz CT molecular complexity index is 883. The third-order valence-corrected chi connectivity index (χ3v) is 6.12. The van der Waals surface area contributed by atoms with Crippen molar-refractivity contribution in [1.82, 2.24) is 4.31 Å². The smallest absolute Gasteiger partial charge is 0.243 e. The average Bonchev–Trinajstić information content (AvgIpc) is 2.54. The van der Waals surface area contributed by atoms with Crippen molar-refractivity contribution in [2.24, 2.45) is 0 Å². The molecule has 0 saturated heterocycles. The van der Waals surface area contributed by atoms with Crippen LogP contribution in [-0.2, 0) is 14.8 Å². The molecule has 0 atom stereocenters. The molecule has 0 aromatic heterocycles. The van der Waals surface area contributed by atoms with Gasteiger partial charge >= 0.3 is 0 Å². The maximum absolute atomic E-state index is 12.9. The van der Waals surface area contributed by atoms with Crippen LogP contribution in [0.3, 0.4) is 0 Å². The highest BCUT2D eigenvalue weighted by Gasteiger charge is 2.26. The van der Waals surface area contributed by atoms with Gasteiger partial charge in [0.25, 0.3) is 0 Å². The van der Waals surface area contributed by atoms with Crippen molar-refractivity contribution in [2.75, 3.05) is 26.0 Å². The molecule has 0 aliphatic carbocycles. The van der Waals surface area contributed by atoms with E-state index in [-0.39, 0.29) is 11.4 Å². The highest BCUT2D eigenvalue weighted by Crippen LogP contribution is 2.24. The highest BCUT2D eigenvalue weighted by atomic mass is 32.2. The van der Waals surface area contributed by atoms with Gasteiger partial charge in [-0.3, -0.25) is 4.79 Å². The van der Waals surface area contributed by atoms with Crippen molar-refractivity contribution in [3.63, 3.8) is 0 Å². The summed E-state index contributed by atoms with van der Waals surface area (Å²) in [4.78, 5) is 12.5. The maximum Gasteiger partial charge on any atom is 0.243 e. The zero-order valence-electron chi connectivity index (χ0n) is 15.7. The van der Waals surface area contributed by atoms with Gasteiger partial charge in [0, 0.05) is 12.7 Å². The number of anilines is 1. The molecular formula is C19H24N2O4S. The topological polar surface area (TPSA) is 75.7 Å². The second-order valence-corrected chi connectivity index (χ2v) is 8.25. The minimum absolute atomic E-state index is 0.253. The van der Waals surface area contributed by atoms with E-state index in [0.717, 1.165) is 9.87 Å². The Morgan fingerprint density at radius 2 is 1.62 bits per heavy atom. The largest absolute Gasteiger partial charge is 0.497 e. The summed E-state index contributed by atoms with van der Waals surface area (Å²) >= 11 is 0. The number of nitrogens with zero attached hydrogens (tertiary/aromatic N) is 1. The minimum atomic E-state index is -3.76. The predicted molar refractivity (Wildman–Crippen MR) is 102 cm³/mol. The fourth-order valence-corrected chi connectivity index (χ4v) is 4.42. The van der Waals surface area contributed by atoms with Crippen molar-refractivity contribution in [3.8, 4) is 5.75 Å². The second kappa shape index (κ2) is 7.88. The summed E-state index contributed by atoms with van der Waals surface area (Å²) in [6, 6.07) is 10.5. The van der Waals surface area contributed by atoms with Gasteiger partial charge in [-0.1, -0.05) is 17.7 Å². The fourth-order valence-electron chi connectivity index (χ4n) is 2.89. The van der Waals surface area contributed by atoms with Gasteiger partial charge < -0.3 is 10.1 Å². The molecule has 1 N–H and O–H groups in total. The Balaban J connectivity index is 2.15. The lowest BCUT2D eigenvalue weighted by molar-refractivity contribution is -0.116. The number of amides is 1. The van der Waals surface area contributed by atoms with Crippen LogP contribution >= 0.6 is 0 Å². The van der Waals surface area contributed by atoms with E-state index in [1.807, 2.05) is 19.1 Å². The third-order valence-electron chi connectivity index (χ3n) is 4.01. The number of rotatable bonds is 6. The van der Waals surface area contributed by atoms with Gasteiger partial charge in [-0.2, -0.15) is 4.31 Å². The number of methoxy groups -OCH3 is 1. The van der Waals surface area contributed by atoms with E-state index in [4.69, 9.17) is 4.74 Å². The maximum atomic E-state index is 12.9. The van der Waals surface area contributed by atoms with Crippen LogP contribution in [0.15, 0.2) is 41.3 Å². The van der Waals surface area contributed by atoms with Crippen LogP contribution in [0.4, 0.5) is 5.69 Å². The zero-order valence-corrected chi connectivity index (χ0v) is 16.5. The normalized spacial score (nSPS) is 11.5. The molecule has 7 heteroatoms. The quantitative estimate of drug-likeness (QED) is 0.841. The van der Waals surface area contributed by atoms with E-state index in [2.05, 4.69) is 5.32 Å². The van der Waals surface area contributed by atoms with Gasteiger partial charge in [0.05, 0.1) is 18.6 Å². The molecule has 0 aliphatic heterocycles. The van der Waals surface area contributed by atoms with Crippen molar-refractivity contribution < 1.29 is 17.9 Å². The minimum Gasteiger partial charge on any atom is -0.497 e. The van der Waals surface area contributed by atoms with Crippen LogP contribution in [0.2, 0.25) is 0 Å². The summed E-state index contributed by atoms with van der Waals surface area (Å²) in [6.45, 7) is 5.17. The van der Waals surface area contributed by atoms with Crippen LogP contribution in [0.1, 0.15) is 16.7 Å². The first-order chi connectivity index (χ1) is 12.1. The van der Waals surface area contributed by atoms with Crippen molar-refractivity contribution >= 4 is 21.6 Å². The molecule has 0 heterocycles. The first kappa shape index (κ1) is 19.9. The second-order valence-electron chi connectivity index (χ2n) is 6.27. The Hall–Kier alpha value is -2.38. The molecule has 2 rings (SSSR count). The molecule has 0 spiro atoms. The van der Waals surface area contributed by atoms with E-state index >= 15 is 0 Å². The standard InChI is InChI=1S/C19H24N2O4S/c1-13-10-14(2)19(15(3)11-13)26(23,24)21(4)12-18(22)20-16-6-8-17(25-5)9-7-16/h6-11H,12H2,1-5H3,(H,20,22). The molecule has 0 radical (unpaired) electrons. The molecule has 2 aromatic rings. The summed E-state index contributed by atoms with van der Waals surface area (Å²) in [5.74, 6) is 0.261. The van der Waals surface area contributed by atoms with Gasteiger partial charge in [-0.25, -0.2) is 8.42 Å². The van der Waals surface area contributed by atoms with Gasteiger partial charge in [0.1, 0.15) is 5.75 Å². The first-order valence-corrected chi connectivity index (χ1v) is 9.57. The SMILES string of the molecule is COc1ccc(NC(=O)CN(C)S(=O)(=O)c2c(C)cc(C)cc2C)cc1. The van der Waals surface area contributed by atoms with Crippen LogP contribution in [0.5, 0.6) is 5.75 Å². The lowest BCUT2D eigenvalue weighted by Gasteiger charge is -2.20. The fraction of sp³-hybridized carbons (Fsp3) is 0.316. The Kier molecular flexibility index (Phi) is 6.05. The number of likely N-dealkylation sites (N-methyl/N-ethyl adjacent to an activating group) is 1. The number of ether oxygens (including phenoxy) is 1. The number of hydrogen-bond acceptors (Lipinski definition) is 4. The molecular weight excluding hydrogens is 352 g/mol. The number of carbonyl (C=O) groups excluding carboxylic acids is 1. The van der Waals surface area contributed by atoms with Crippen LogP contribution in [0.25, 0.3) is 0 Å². The van der Waals surface area contributed by atoms with E-state index in [0.29, 0.717) is 22.6 Å². The Morgan fingerprint density at radius 1 is 1.08 bits per heavy atom. The number of benzene rings is 2. The summed E-state index contributed by atoms with van der Waals surface area (Å²) in [5.41, 5.74) is 2.91. The summed E-state index contributed by atoms with van der Waals surface area (Å²) in [6.07, 6.45) is 0. The molecule has 0 saturated carbocycles. The monoisotopic (exact) mass is 376 g/mol. The summed E-state index contributed by atoms with van der Waals surface area (Å²) in [5, 5.41) is 2.69. The Morgan fingerprint density at radius 3 is 2.12 bits per heavy atom. The van der Waals surface area contributed by atoms with Crippen LogP contribution in [0, 0.1) is 20.8 Å². The Labute approximate surface area is 154 Å². The van der Waals surface area contributed by atoms with Crippen LogP contribution < -0.4 is 10.1 Å². The van der Waals surface area contributed by atoms with E-state index in [9.17, 15) is 13.2 Å². The average molecular weight is 376 g/mol. The molecule has 1 amide bonds. The van der Waals surface area contributed by atoms with E-state index in [1.165, 1.54) is 7.05 Å². The first-order valence-electron chi connectivity index (χ1n) is 8.13. The molecule has 2 aromatic carbocycles. The number of sulfonamides is 1. The van der Waals surface area contributed by atoms with Gasteiger partial charge in [0.15, 0.2) is 0 Å². The third kappa shape index (κ3) is 4.42. The van der Waals surface area contributed by atoms with Crippen molar-refractivity contribution in [2.45, 2.75) is 25.7 Å². The number of aryl methyl sites for hydroxylation is 3. The predicted octanol–water partition coefficient (Wildman–Crippen LogP) is 2.88. The number of carbonyl (C=O) groups is 1. The van der Waals surface area contributed by atoms with E-state index in [1.54, 1.807) is 45.2 Å². The molecule has 0 bridgehead atoms. The highest BCUT2D eigenvalue weighted by molar-refractivity contribution is 7.89. The summed E-state index contributed by atoms with van der Waals surface area (Å²) < 4.78 is 31.9. The zero-order chi connectivity index (χ0) is 19.5. The van der Waals surface area contributed by atoms with Gasteiger partial charge in [-0.05, 0) is 56.2 Å². The molecule has 0 fully saturated rings. The lowest BCUT2D eigenvalue weighted by atomic mass is 10.1. The molecule has 6 nitrogen and oxygen atoms in total. The molecule has 26 heavy (non-hydrogen) atoms. The van der Waals surface area contributed by atoms with Gasteiger partial charge in [-0.15, -0.1) is 0 Å². The van der Waals surface area contributed by atoms with E-state index < -0.39 is 15.9 Å². The van der Waals surface area contributed by atoms with Crippen molar-refractivity contribution in [3.05, 3.63) is 53.1 Å². The molecule has 0 unspecified atom stereocenters. The summed E-state index contributed by atoms with van der Waals surface area (Å²) in [7, 11) is -0.800. The number of hydrogen-bond donors (Lipinski definition) is 1. The van der Waals surface area contributed by atoms with Gasteiger partial charge in [0.2, 0.25) is 15.9 Å². The van der Waals surface area contributed by atoms with Crippen LogP contribution in [-0.4, -0.2) is 39.3 Å². The van der Waals surface area contributed by atoms with Crippen molar-refractivity contribution in [1.29, 1.82) is 0 Å². The molecule has 0 aliphatic rings.